The number of rotatable bonds is 5. The minimum absolute atomic E-state index is 0.264. The number of fused-ring (bicyclic) bond motifs is 1. The van der Waals surface area contributed by atoms with Gasteiger partial charge in [0.05, 0.1) is 5.69 Å². The molecule has 1 unspecified atom stereocenters. The number of aryl methyl sites for hydroxylation is 1. The van der Waals surface area contributed by atoms with Crippen LogP contribution in [-0.2, 0) is 11.2 Å². The summed E-state index contributed by atoms with van der Waals surface area (Å²) in [4.78, 5) is 12.4. The molecule has 142 valence electrons. The lowest BCUT2D eigenvalue weighted by Crippen LogP contribution is -2.24. The SMILES string of the molecule is CCc1ccc(/C=C/C(=O)Nc2cccc3c2OC(c2nnn[nH]2)CO3)cc1. The number of carbonyl (C=O) groups excluding carboxylic acids is 1. The van der Waals surface area contributed by atoms with Gasteiger partial charge in [-0.05, 0) is 46.2 Å². The number of hydrogen-bond donors (Lipinski definition) is 2. The first-order chi connectivity index (χ1) is 13.7. The Hall–Kier alpha value is -3.68. The third-order valence-corrected chi connectivity index (χ3v) is 4.37. The largest absolute Gasteiger partial charge is 0.485 e. The summed E-state index contributed by atoms with van der Waals surface area (Å²) in [5.41, 5.74) is 2.73. The molecule has 1 aliphatic rings. The van der Waals surface area contributed by atoms with Crippen LogP contribution in [0.1, 0.15) is 30.0 Å². The fourth-order valence-corrected chi connectivity index (χ4v) is 2.84. The molecule has 1 aliphatic heterocycles. The van der Waals surface area contributed by atoms with Crippen molar-refractivity contribution in [2.24, 2.45) is 0 Å². The summed E-state index contributed by atoms with van der Waals surface area (Å²) in [5.74, 6) is 1.20. The van der Waals surface area contributed by atoms with Crippen LogP contribution in [0.25, 0.3) is 6.08 Å². The third kappa shape index (κ3) is 3.85. The predicted octanol–water partition coefficient (Wildman–Crippen LogP) is 2.93. The summed E-state index contributed by atoms with van der Waals surface area (Å²) in [7, 11) is 0. The number of carbonyl (C=O) groups is 1. The average molecular weight is 377 g/mol. The van der Waals surface area contributed by atoms with Crippen LogP contribution in [0.4, 0.5) is 5.69 Å². The number of benzene rings is 2. The molecule has 0 fully saturated rings. The molecular formula is C20H19N5O3. The van der Waals surface area contributed by atoms with Gasteiger partial charge in [0.2, 0.25) is 5.91 Å². The lowest BCUT2D eigenvalue weighted by atomic mass is 10.1. The van der Waals surface area contributed by atoms with Gasteiger partial charge in [-0.3, -0.25) is 4.79 Å². The Labute approximate surface area is 161 Å². The molecule has 0 radical (unpaired) electrons. The number of nitrogens with one attached hydrogen (secondary N) is 2. The highest BCUT2D eigenvalue weighted by atomic mass is 16.6. The van der Waals surface area contributed by atoms with Crippen LogP contribution in [0, 0.1) is 0 Å². The number of aromatic nitrogens is 4. The summed E-state index contributed by atoms with van der Waals surface area (Å²) in [5, 5.41) is 16.5. The van der Waals surface area contributed by atoms with E-state index >= 15 is 0 Å². The van der Waals surface area contributed by atoms with E-state index < -0.39 is 6.10 Å². The quantitative estimate of drug-likeness (QED) is 0.663. The van der Waals surface area contributed by atoms with Gasteiger partial charge in [-0.15, -0.1) is 5.10 Å². The van der Waals surface area contributed by atoms with Gasteiger partial charge in [-0.2, -0.15) is 0 Å². The number of amides is 1. The minimum Gasteiger partial charge on any atom is -0.485 e. The van der Waals surface area contributed by atoms with Crippen LogP contribution in [0.5, 0.6) is 11.5 Å². The van der Waals surface area contributed by atoms with Gasteiger partial charge < -0.3 is 14.8 Å². The molecule has 3 aromatic rings. The number of hydrogen-bond acceptors (Lipinski definition) is 6. The average Bonchev–Trinajstić information content (AvgIpc) is 3.27. The molecule has 8 nitrogen and oxygen atoms in total. The molecule has 1 aromatic heterocycles. The van der Waals surface area contributed by atoms with Crippen molar-refractivity contribution < 1.29 is 14.3 Å². The van der Waals surface area contributed by atoms with Crippen molar-refractivity contribution in [2.75, 3.05) is 11.9 Å². The van der Waals surface area contributed by atoms with Gasteiger partial charge in [-0.1, -0.05) is 37.3 Å². The van der Waals surface area contributed by atoms with Crippen molar-refractivity contribution in [3.05, 3.63) is 65.5 Å². The standard InChI is InChI=1S/C20H19N5O3/c1-2-13-6-8-14(9-7-13)10-11-18(26)21-15-4-3-5-16-19(15)28-17(12-27-16)20-22-24-25-23-20/h3-11,17H,2,12H2,1H3,(H,21,26)(H,22,23,24,25)/b11-10+. The molecule has 0 bridgehead atoms. The van der Waals surface area contributed by atoms with E-state index in [0.717, 1.165) is 12.0 Å². The molecule has 4 rings (SSSR count). The van der Waals surface area contributed by atoms with Crippen molar-refractivity contribution in [3.63, 3.8) is 0 Å². The maximum atomic E-state index is 12.4. The highest BCUT2D eigenvalue weighted by Gasteiger charge is 2.27. The Kier molecular flexibility index (Phi) is 5.01. The molecule has 0 aliphatic carbocycles. The summed E-state index contributed by atoms with van der Waals surface area (Å²) in [6, 6.07) is 13.4. The zero-order valence-electron chi connectivity index (χ0n) is 15.3. The van der Waals surface area contributed by atoms with Gasteiger partial charge in [0.25, 0.3) is 0 Å². The van der Waals surface area contributed by atoms with E-state index in [4.69, 9.17) is 9.47 Å². The van der Waals surface area contributed by atoms with Gasteiger partial charge >= 0.3 is 0 Å². The van der Waals surface area contributed by atoms with E-state index in [2.05, 4.69) is 45.0 Å². The monoisotopic (exact) mass is 377 g/mol. The normalized spacial score (nSPS) is 15.5. The van der Waals surface area contributed by atoms with E-state index in [0.29, 0.717) is 23.0 Å². The molecule has 28 heavy (non-hydrogen) atoms. The van der Waals surface area contributed by atoms with Crippen LogP contribution < -0.4 is 14.8 Å². The van der Waals surface area contributed by atoms with E-state index in [1.165, 1.54) is 11.6 Å². The first-order valence-corrected chi connectivity index (χ1v) is 8.97. The molecular weight excluding hydrogens is 358 g/mol. The Bertz CT molecular complexity index is 984. The number of anilines is 1. The second kappa shape index (κ2) is 7.91. The second-order valence-corrected chi connectivity index (χ2v) is 6.25. The number of tetrazole rings is 1. The molecule has 2 heterocycles. The topological polar surface area (TPSA) is 102 Å². The summed E-state index contributed by atoms with van der Waals surface area (Å²) >= 11 is 0. The summed E-state index contributed by atoms with van der Waals surface area (Å²) in [6.07, 6.45) is 3.76. The van der Waals surface area contributed by atoms with Crippen molar-refractivity contribution in [3.8, 4) is 11.5 Å². The van der Waals surface area contributed by atoms with Crippen LogP contribution in [0.2, 0.25) is 0 Å². The fourth-order valence-electron chi connectivity index (χ4n) is 2.84. The molecule has 8 heteroatoms. The minimum atomic E-state index is -0.479. The van der Waals surface area contributed by atoms with E-state index in [9.17, 15) is 4.79 Å². The maximum absolute atomic E-state index is 12.4. The first kappa shape index (κ1) is 17.7. The number of aromatic amines is 1. The number of ether oxygens (including phenoxy) is 2. The van der Waals surface area contributed by atoms with Crippen LogP contribution >= 0.6 is 0 Å². The van der Waals surface area contributed by atoms with Gasteiger partial charge in [0.1, 0.15) is 6.61 Å². The Morgan fingerprint density at radius 3 is 2.89 bits per heavy atom. The maximum Gasteiger partial charge on any atom is 0.248 e. The van der Waals surface area contributed by atoms with Crippen molar-refractivity contribution in [1.82, 2.24) is 20.6 Å². The summed E-state index contributed by atoms with van der Waals surface area (Å²) < 4.78 is 11.7. The zero-order valence-corrected chi connectivity index (χ0v) is 15.3. The highest BCUT2D eigenvalue weighted by Crippen LogP contribution is 2.41. The molecule has 1 atom stereocenters. The smallest absolute Gasteiger partial charge is 0.248 e. The van der Waals surface area contributed by atoms with Gasteiger partial charge in [0, 0.05) is 6.08 Å². The zero-order chi connectivity index (χ0) is 19.3. The molecule has 1 amide bonds. The lowest BCUT2D eigenvalue weighted by molar-refractivity contribution is -0.111. The van der Waals surface area contributed by atoms with E-state index in [1.807, 2.05) is 12.1 Å². The van der Waals surface area contributed by atoms with Crippen molar-refractivity contribution in [1.29, 1.82) is 0 Å². The van der Waals surface area contributed by atoms with Gasteiger partial charge in [-0.25, -0.2) is 5.10 Å². The molecule has 0 spiro atoms. The van der Waals surface area contributed by atoms with Crippen LogP contribution in [-0.4, -0.2) is 33.1 Å². The summed E-state index contributed by atoms with van der Waals surface area (Å²) in [6.45, 7) is 2.38. The Balaban J connectivity index is 1.47. The third-order valence-electron chi connectivity index (χ3n) is 4.37. The number of nitrogens with zero attached hydrogens (tertiary/aromatic N) is 3. The van der Waals surface area contributed by atoms with E-state index in [1.54, 1.807) is 24.3 Å². The Morgan fingerprint density at radius 1 is 1.29 bits per heavy atom. The molecule has 2 N–H and O–H groups in total. The van der Waals surface area contributed by atoms with Crippen LogP contribution in [0.3, 0.4) is 0 Å². The predicted molar refractivity (Wildman–Crippen MR) is 103 cm³/mol. The second-order valence-electron chi connectivity index (χ2n) is 6.25. The Morgan fingerprint density at radius 2 is 2.14 bits per heavy atom. The first-order valence-electron chi connectivity index (χ1n) is 8.97. The molecule has 2 aromatic carbocycles. The fraction of sp³-hybridized carbons (Fsp3) is 0.200. The van der Waals surface area contributed by atoms with E-state index in [-0.39, 0.29) is 12.5 Å². The number of para-hydroxylation sites is 1. The van der Waals surface area contributed by atoms with Crippen LogP contribution in [0.15, 0.2) is 48.5 Å². The van der Waals surface area contributed by atoms with Crippen molar-refractivity contribution >= 4 is 17.7 Å². The van der Waals surface area contributed by atoms with Gasteiger partial charge in [0.15, 0.2) is 23.4 Å². The number of H-pyrrole nitrogens is 1. The molecule has 0 saturated carbocycles. The molecule has 0 saturated heterocycles. The lowest BCUT2D eigenvalue weighted by Gasteiger charge is -2.26. The highest BCUT2D eigenvalue weighted by molar-refractivity contribution is 6.03. The van der Waals surface area contributed by atoms with Crippen molar-refractivity contribution in [2.45, 2.75) is 19.4 Å².